The molecule has 3 heterocycles. The molecular formula is C18H18F6N6O3. The number of anilines is 1. The molecule has 3 rings (SSSR count). The number of carbonyl (C=O) groups excluding carboxylic acids is 1. The van der Waals surface area contributed by atoms with Crippen LogP contribution in [0, 0.1) is 0 Å². The van der Waals surface area contributed by atoms with Crippen LogP contribution in [0.25, 0.3) is 0 Å². The van der Waals surface area contributed by atoms with Gasteiger partial charge in [-0.3, -0.25) is 4.79 Å². The van der Waals surface area contributed by atoms with Crippen LogP contribution < -0.4 is 10.5 Å². The number of piperazine rings is 1. The van der Waals surface area contributed by atoms with Crippen molar-refractivity contribution in [3.05, 3.63) is 45.6 Å². The Morgan fingerprint density at radius 3 is 2.39 bits per heavy atom. The van der Waals surface area contributed by atoms with E-state index in [1.54, 1.807) is 12.0 Å². The fourth-order valence-electron chi connectivity index (χ4n) is 3.14. The molecule has 9 nitrogen and oxygen atoms in total. The Morgan fingerprint density at radius 1 is 1.15 bits per heavy atom. The van der Waals surface area contributed by atoms with Gasteiger partial charge in [0.05, 0.1) is 30.5 Å². The van der Waals surface area contributed by atoms with Crippen molar-refractivity contribution < 1.29 is 35.9 Å². The number of halogens is 6. The third-order valence-corrected chi connectivity index (χ3v) is 4.76. The molecule has 1 aliphatic heterocycles. The number of nitrogens with one attached hydrogen (secondary N) is 1. The van der Waals surface area contributed by atoms with Gasteiger partial charge >= 0.3 is 18.4 Å². The van der Waals surface area contributed by atoms with Crippen molar-refractivity contribution in [3.8, 4) is 0 Å². The molecule has 0 aromatic carbocycles. The molecule has 0 bridgehead atoms. The number of amides is 1. The van der Waals surface area contributed by atoms with E-state index >= 15 is 0 Å². The van der Waals surface area contributed by atoms with E-state index in [-0.39, 0.29) is 37.9 Å². The van der Waals surface area contributed by atoms with Crippen LogP contribution in [0.15, 0.2) is 23.3 Å². The van der Waals surface area contributed by atoms with Crippen molar-refractivity contribution in [3.63, 3.8) is 0 Å². The Hall–Kier alpha value is -3.39. The molecule has 2 aromatic rings. The molecule has 15 heteroatoms. The Balaban J connectivity index is 1.99. The first-order chi connectivity index (χ1) is 15.4. The maximum Gasteiger partial charge on any atom is 0.421 e. The number of hydrogen-bond acceptors (Lipinski definition) is 7. The van der Waals surface area contributed by atoms with Gasteiger partial charge in [0.15, 0.2) is 0 Å². The first kappa shape index (κ1) is 24.3. The topological polar surface area (TPSA) is 104 Å². The smallest absolute Gasteiger partial charge is 0.421 e. The van der Waals surface area contributed by atoms with E-state index in [1.807, 2.05) is 0 Å². The first-order valence-electron chi connectivity index (χ1n) is 9.66. The highest BCUT2D eigenvalue weighted by Crippen LogP contribution is 2.33. The molecule has 1 N–H and O–H groups in total. The molecule has 33 heavy (non-hydrogen) atoms. The van der Waals surface area contributed by atoms with E-state index < -0.39 is 41.2 Å². The lowest BCUT2D eigenvalue weighted by molar-refractivity contribution is -0.139. The molecule has 0 radical (unpaired) electrons. The van der Waals surface area contributed by atoms with Gasteiger partial charge in [-0.05, 0) is 12.5 Å². The lowest BCUT2D eigenvalue weighted by Gasteiger charge is -2.40. The van der Waals surface area contributed by atoms with Crippen molar-refractivity contribution in [2.24, 2.45) is 0 Å². The minimum Gasteiger partial charge on any atom is -0.449 e. The maximum absolute atomic E-state index is 13.2. The lowest BCUT2D eigenvalue weighted by atomic mass is 10.1. The average molecular weight is 480 g/mol. The van der Waals surface area contributed by atoms with Crippen molar-refractivity contribution in [1.82, 2.24) is 25.1 Å². The van der Waals surface area contributed by atoms with Crippen LogP contribution in [0.1, 0.15) is 36.2 Å². The van der Waals surface area contributed by atoms with Crippen LogP contribution in [0.5, 0.6) is 0 Å². The van der Waals surface area contributed by atoms with Gasteiger partial charge in [-0.15, -0.1) is 0 Å². The molecule has 0 aliphatic carbocycles. The summed E-state index contributed by atoms with van der Waals surface area (Å²) in [6.45, 7) is 1.67. The molecule has 2 aromatic heterocycles. The predicted molar refractivity (Wildman–Crippen MR) is 100 cm³/mol. The molecule has 1 saturated heterocycles. The van der Waals surface area contributed by atoms with Crippen LogP contribution in [0.2, 0.25) is 0 Å². The van der Waals surface area contributed by atoms with E-state index in [0.29, 0.717) is 24.9 Å². The maximum atomic E-state index is 13.2. The highest BCUT2D eigenvalue weighted by atomic mass is 19.4. The quantitative estimate of drug-likeness (QED) is 0.671. The second-order valence-electron chi connectivity index (χ2n) is 7.07. The molecule has 1 aliphatic rings. The number of aromatic amines is 1. The molecule has 180 valence electrons. The zero-order valence-corrected chi connectivity index (χ0v) is 17.1. The second-order valence-corrected chi connectivity index (χ2v) is 7.07. The van der Waals surface area contributed by atoms with Crippen LogP contribution >= 0.6 is 0 Å². The van der Waals surface area contributed by atoms with Gasteiger partial charge < -0.3 is 14.5 Å². The summed E-state index contributed by atoms with van der Waals surface area (Å²) in [7, 11) is 0. The highest BCUT2D eigenvalue weighted by molar-refractivity contribution is 5.68. The Morgan fingerprint density at radius 2 is 1.82 bits per heavy atom. The van der Waals surface area contributed by atoms with Gasteiger partial charge in [-0.25, -0.2) is 19.9 Å². The van der Waals surface area contributed by atoms with Gasteiger partial charge in [0.1, 0.15) is 5.56 Å². The van der Waals surface area contributed by atoms with Crippen molar-refractivity contribution in [2.75, 3.05) is 31.1 Å². The number of ether oxygens (including phenoxy) is 1. The largest absolute Gasteiger partial charge is 0.449 e. The first-order valence-corrected chi connectivity index (χ1v) is 9.66. The Kier molecular flexibility index (Phi) is 6.78. The molecule has 1 unspecified atom stereocenters. The summed E-state index contributed by atoms with van der Waals surface area (Å²) in [6.07, 6.45) is -8.73. The summed E-state index contributed by atoms with van der Waals surface area (Å²) in [6, 6.07) is -0.579. The van der Waals surface area contributed by atoms with Gasteiger partial charge in [0, 0.05) is 25.5 Å². The zero-order valence-electron chi connectivity index (χ0n) is 17.1. The number of aromatic nitrogens is 4. The fraction of sp³-hybridized carbons (Fsp3) is 0.500. The number of alkyl halides is 6. The van der Waals surface area contributed by atoms with Crippen LogP contribution in [-0.2, 0) is 17.1 Å². The minimum atomic E-state index is -4.98. The fourth-order valence-corrected chi connectivity index (χ4v) is 3.14. The average Bonchev–Trinajstić information content (AvgIpc) is 2.76. The van der Waals surface area contributed by atoms with Crippen molar-refractivity contribution in [1.29, 1.82) is 0 Å². The molecular weight excluding hydrogens is 462 g/mol. The Labute approximate surface area is 182 Å². The molecule has 0 saturated carbocycles. The summed E-state index contributed by atoms with van der Waals surface area (Å²) in [5.41, 5.74) is -4.35. The number of nitrogens with zero attached hydrogens (tertiary/aromatic N) is 5. The van der Waals surface area contributed by atoms with E-state index in [1.165, 1.54) is 9.80 Å². The summed E-state index contributed by atoms with van der Waals surface area (Å²) in [5, 5.41) is 5.45. The molecule has 1 fully saturated rings. The van der Waals surface area contributed by atoms with Crippen LogP contribution in [0.4, 0.5) is 37.1 Å². The standard InChI is InChI=1S/C18H18F6N6O3/c1-2-5-33-16(32)29-3-4-30(15-25-7-10(8-26-15)17(19,20)21)13(9-29)12-6-11(18(22,23)24)14(31)28-27-12/h6-8,13H,2-5,9H2,1H3,(H,28,31). The number of H-pyrrole nitrogens is 1. The summed E-state index contributed by atoms with van der Waals surface area (Å²) >= 11 is 0. The van der Waals surface area contributed by atoms with Gasteiger partial charge in [0.25, 0.3) is 5.56 Å². The van der Waals surface area contributed by atoms with Gasteiger partial charge in [-0.2, -0.15) is 31.4 Å². The second kappa shape index (κ2) is 9.23. The number of rotatable bonds is 4. The molecule has 0 spiro atoms. The number of hydrogen-bond donors (Lipinski definition) is 1. The van der Waals surface area contributed by atoms with E-state index in [4.69, 9.17) is 4.74 Å². The van der Waals surface area contributed by atoms with E-state index in [2.05, 4.69) is 15.1 Å². The SMILES string of the molecule is CCCOC(=O)N1CCN(c2ncc(C(F)(F)F)cn2)C(c2cc(C(F)(F)F)c(=O)[nH]n2)C1. The van der Waals surface area contributed by atoms with Crippen LogP contribution in [-0.4, -0.2) is 57.4 Å². The molecule has 1 amide bonds. The number of carbonyl (C=O) groups is 1. The summed E-state index contributed by atoms with van der Waals surface area (Å²) in [5.74, 6) is -0.212. The van der Waals surface area contributed by atoms with Gasteiger partial charge in [0.2, 0.25) is 5.95 Å². The predicted octanol–water partition coefficient (Wildman–Crippen LogP) is 3.01. The molecule has 1 atom stereocenters. The highest BCUT2D eigenvalue weighted by Gasteiger charge is 2.39. The summed E-state index contributed by atoms with van der Waals surface area (Å²) in [4.78, 5) is 33.8. The van der Waals surface area contributed by atoms with Crippen molar-refractivity contribution >= 4 is 12.0 Å². The third kappa shape index (κ3) is 5.51. The summed E-state index contributed by atoms with van der Waals surface area (Å²) < 4.78 is 83.3. The van der Waals surface area contributed by atoms with Gasteiger partial charge in [-0.1, -0.05) is 6.92 Å². The van der Waals surface area contributed by atoms with Crippen molar-refractivity contribution in [2.45, 2.75) is 31.7 Å². The lowest BCUT2D eigenvalue weighted by Crippen LogP contribution is -2.51. The normalized spacial score (nSPS) is 17.2. The Bertz CT molecular complexity index is 1040. The van der Waals surface area contributed by atoms with Crippen LogP contribution in [0.3, 0.4) is 0 Å². The zero-order chi connectivity index (χ0) is 24.4. The minimum absolute atomic E-state index is 0.0406. The monoisotopic (exact) mass is 480 g/mol. The van der Waals surface area contributed by atoms with E-state index in [9.17, 15) is 35.9 Å². The van der Waals surface area contributed by atoms with E-state index in [0.717, 1.165) is 0 Å². The third-order valence-electron chi connectivity index (χ3n) is 4.76.